The fraction of sp³-hybridized carbons (Fsp3) is 0.250. The fourth-order valence-electron chi connectivity index (χ4n) is 2.99. The molecule has 3 rings (SSSR count). The number of hydrogen-bond donors (Lipinski definition) is 0. The van der Waals surface area contributed by atoms with Gasteiger partial charge in [-0.3, -0.25) is 4.79 Å². The van der Waals surface area contributed by atoms with Gasteiger partial charge in [-0.05, 0) is 42.8 Å². The highest BCUT2D eigenvalue weighted by atomic mass is 16.5. The standard InChI is InChI=1S/C20H19NO2/c1-20(13-7-10-15-8-5-4-6-9-15)17-14-16(23-3)11-12-18(17)21(2)19(20)22/h4-6,8-9,11-12,14H,13H2,1-3H3/t20-/m0/s1. The summed E-state index contributed by atoms with van der Waals surface area (Å²) in [7, 11) is 3.44. The molecule has 23 heavy (non-hydrogen) atoms. The lowest BCUT2D eigenvalue weighted by Crippen LogP contribution is -2.35. The highest BCUT2D eigenvalue weighted by molar-refractivity contribution is 6.07. The maximum Gasteiger partial charge on any atom is 0.238 e. The van der Waals surface area contributed by atoms with Crippen LogP contribution >= 0.6 is 0 Å². The van der Waals surface area contributed by atoms with Crippen molar-refractivity contribution in [1.29, 1.82) is 0 Å². The van der Waals surface area contributed by atoms with Gasteiger partial charge in [-0.2, -0.15) is 0 Å². The maximum absolute atomic E-state index is 12.7. The van der Waals surface area contributed by atoms with E-state index in [2.05, 4.69) is 11.8 Å². The average molecular weight is 305 g/mol. The van der Waals surface area contributed by atoms with Gasteiger partial charge < -0.3 is 9.64 Å². The van der Waals surface area contributed by atoms with Crippen LogP contribution in [0.4, 0.5) is 5.69 Å². The van der Waals surface area contributed by atoms with Gasteiger partial charge in [0.15, 0.2) is 0 Å². The number of methoxy groups -OCH3 is 1. The highest BCUT2D eigenvalue weighted by Gasteiger charge is 2.45. The molecule has 2 aromatic carbocycles. The third kappa shape index (κ3) is 2.57. The van der Waals surface area contributed by atoms with E-state index in [0.29, 0.717) is 6.42 Å². The Kier molecular flexibility index (Phi) is 3.83. The molecule has 2 aromatic rings. The van der Waals surface area contributed by atoms with Gasteiger partial charge in [-0.15, -0.1) is 0 Å². The van der Waals surface area contributed by atoms with E-state index in [0.717, 1.165) is 22.6 Å². The van der Waals surface area contributed by atoms with Crippen LogP contribution in [0.3, 0.4) is 0 Å². The van der Waals surface area contributed by atoms with Crippen molar-refractivity contribution >= 4 is 11.6 Å². The molecule has 1 amide bonds. The third-order valence-electron chi connectivity index (χ3n) is 4.38. The van der Waals surface area contributed by atoms with Crippen LogP contribution in [0.2, 0.25) is 0 Å². The first kappa shape index (κ1) is 15.2. The summed E-state index contributed by atoms with van der Waals surface area (Å²) in [5, 5.41) is 0. The summed E-state index contributed by atoms with van der Waals surface area (Å²) >= 11 is 0. The van der Waals surface area contributed by atoms with Crippen LogP contribution in [0.15, 0.2) is 48.5 Å². The van der Waals surface area contributed by atoms with Crippen LogP contribution in [-0.4, -0.2) is 20.1 Å². The second kappa shape index (κ2) is 5.81. The normalized spacial score (nSPS) is 19.1. The Balaban J connectivity index is 1.95. The molecule has 1 aliphatic heterocycles. The highest BCUT2D eigenvalue weighted by Crippen LogP contribution is 2.44. The van der Waals surface area contributed by atoms with E-state index in [1.165, 1.54) is 0 Å². The van der Waals surface area contributed by atoms with Crippen LogP contribution in [0.1, 0.15) is 24.5 Å². The minimum absolute atomic E-state index is 0.0723. The van der Waals surface area contributed by atoms with E-state index in [-0.39, 0.29) is 5.91 Å². The molecular weight excluding hydrogens is 286 g/mol. The number of carbonyl (C=O) groups excluding carboxylic acids is 1. The van der Waals surface area contributed by atoms with Crippen molar-refractivity contribution in [1.82, 2.24) is 0 Å². The molecule has 0 saturated carbocycles. The number of likely N-dealkylation sites (N-methyl/N-ethyl adjacent to an activating group) is 1. The number of carbonyl (C=O) groups is 1. The molecule has 1 aliphatic rings. The zero-order chi connectivity index (χ0) is 16.4. The number of amides is 1. The summed E-state index contributed by atoms with van der Waals surface area (Å²) in [6.07, 6.45) is 0.477. The van der Waals surface area contributed by atoms with Crippen LogP contribution < -0.4 is 9.64 Å². The molecule has 116 valence electrons. The summed E-state index contributed by atoms with van der Waals surface area (Å²) in [6, 6.07) is 15.6. The zero-order valence-corrected chi connectivity index (χ0v) is 13.6. The van der Waals surface area contributed by atoms with Crippen molar-refractivity contribution in [3.63, 3.8) is 0 Å². The maximum atomic E-state index is 12.7. The largest absolute Gasteiger partial charge is 0.497 e. The zero-order valence-electron chi connectivity index (χ0n) is 13.6. The Labute approximate surface area is 136 Å². The van der Waals surface area contributed by atoms with E-state index >= 15 is 0 Å². The summed E-state index contributed by atoms with van der Waals surface area (Å²) in [6.45, 7) is 1.96. The fourth-order valence-corrected chi connectivity index (χ4v) is 2.99. The second-order valence-corrected chi connectivity index (χ2v) is 5.92. The number of benzene rings is 2. The number of fused-ring (bicyclic) bond motifs is 1. The van der Waals surface area contributed by atoms with Gasteiger partial charge in [0.05, 0.1) is 12.5 Å². The van der Waals surface area contributed by atoms with Gasteiger partial charge in [-0.25, -0.2) is 0 Å². The third-order valence-corrected chi connectivity index (χ3v) is 4.38. The molecule has 3 nitrogen and oxygen atoms in total. The molecule has 3 heteroatoms. The smallest absolute Gasteiger partial charge is 0.238 e. The molecule has 1 atom stereocenters. The summed E-state index contributed by atoms with van der Waals surface area (Å²) in [5.41, 5.74) is 2.23. The molecule has 0 radical (unpaired) electrons. The van der Waals surface area contributed by atoms with Crippen molar-refractivity contribution in [2.75, 3.05) is 19.1 Å². The Bertz CT molecular complexity index is 801. The van der Waals surface area contributed by atoms with E-state index < -0.39 is 5.41 Å². The van der Waals surface area contributed by atoms with Crippen molar-refractivity contribution in [2.45, 2.75) is 18.8 Å². The number of ether oxygens (including phenoxy) is 1. The molecule has 0 spiro atoms. The Morgan fingerprint density at radius 2 is 1.91 bits per heavy atom. The lowest BCUT2D eigenvalue weighted by atomic mass is 9.80. The van der Waals surface area contributed by atoms with Crippen molar-refractivity contribution in [3.8, 4) is 17.6 Å². The van der Waals surface area contributed by atoms with Gasteiger partial charge in [0.2, 0.25) is 5.91 Å². The van der Waals surface area contributed by atoms with Gasteiger partial charge in [-0.1, -0.05) is 30.0 Å². The summed E-state index contributed by atoms with van der Waals surface area (Å²) in [5.74, 6) is 7.15. The molecule has 0 saturated heterocycles. The first-order valence-corrected chi connectivity index (χ1v) is 7.57. The first-order chi connectivity index (χ1) is 11.1. The molecule has 0 aromatic heterocycles. The van der Waals surface area contributed by atoms with Gasteiger partial charge in [0.1, 0.15) is 5.75 Å². The van der Waals surface area contributed by atoms with Gasteiger partial charge in [0.25, 0.3) is 0 Å². The summed E-state index contributed by atoms with van der Waals surface area (Å²) in [4.78, 5) is 14.5. The van der Waals surface area contributed by atoms with E-state index in [4.69, 9.17) is 4.74 Å². The van der Waals surface area contributed by atoms with Crippen molar-refractivity contribution < 1.29 is 9.53 Å². The lowest BCUT2D eigenvalue weighted by Gasteiger charge is -2.20. The average Bonchev–Trinajstić information content (AvgIpc) is 2.77. The summed E-state index contributed by atoms with van der Waals surface area (Å²) < 4.78 is 5.31. The van der Waals surface area contributed by atoms with Crippen LogP contribution in [-0.2, 0) is 10.2 Å². The Morgan fingerprint density at radius 1 is 1.17 bits per heavy atom. The van der Waals surface area contributed by atoms with Gasteiger partial charge in [0, 0.05) is 24.7 Å². The number of nitrogens with zero attached hydrogens (tertiary/aromatic N) is 1. The molecule has 0 N–H and O–H groups in total. The topological polar surface area (TPSA) is 29.5 Å². The first-order valence-electron chi connectivity index (χ1n) is 7.57. The minimum Gasteiger partial charge on any atom is -0.497 e. The van der Waals surface area contributed by atoms with Gasteiger partial charge >= 0.3 is 0 Å². The Morgan fingerprint density at radius 3 is 2.61 bits per heavy atom. The monoisotopic (exact) mass is 305 g/mol. The van der Waals surface area contributed by atoms with Crippen molar-refractivity contribution in [3.05, 3.63) is 59.7 Å². The predicted molar refractivity (Wildman–Crippen MR) is 91.7 cm³/mol. The predicted octanol–water partition coefficient (Wildman–Crippen LogP) is 3.37. The number of anilines is 1. The molecular formula is C20H19NO2. The minimum atomic E-state index is -0.638. The van der Waals surface area contributed by atoms with E-state index in [9.17, 15) is 4.79 Å². The van der Waals surface area contributed by atoms with Crippen LogP contribution in [0.25, 0.3) is 0 Å². The quantitative estimate of drug-likeness (QED) is 0.796. The molecule has 1 heterocycles. The SMILES string of the molecule is COc1ccc2c(c1)[C@](C)(CC#Cc1ccccc1)C(=O)N2C. The lowest BCUT2D eigenvalue weighted by molar-refractivity contribution is -0.122. The Hall–Kier alpha value is -2.73. The molecule has 0 fully saturated rings. The molecule has 0 bridgehead atoms. The van der Waals surface area contributed by atoms with E-state index in [1.54, 1.807) is 12.0 Å². The number of rotatable bonds is 2. The molecule has 0 unspecified atom stereocenters. The van der Waals surface area contributed by atoms with Crippen molar-refractivity contribution in [2.24, 2.45) is 0 Å². The van der Waals surface area contributed by atoms with Crippen LogP contribution in [0, 0.1) is 11.8 Å². The second-order valence-electron chi connectivity index (χ2n) is 5.92. The van der Waals surface area contributed by atoms with E-state index in [1.807, 2.05) is 62.5 Å². The number of hydrogen-bond acceptors (Lipinski definition) is 2. The van der Waals surface area contributed by atoms with Crippen LogP contribution in [0.5, 0.6) is 5.75 Å². The molecule has 0 aliphatic carbocycles.